The summed E-state index contributed by atoms with van der Waals surface area (Å²) in [7, 11) is 0. The Morgan fingerprint density at radius 2 is 1.94 bits per heavy atom. The zero-order chi connectivity index (χ0) is 33.6. The summed E-state index contributed by atoms with van der Waals surface area (Å²) in [6.45, 7) is 6.25. The maximum absolute atomic E-state index is 16.9. The van der Waals surface area contributed by atoms with Crippen molar-refractivity contribution in [2.45, 2.75) is 56.5 Å². The highest BCUT2D eigenvalue weighted by Gasteiger charge is 2.45. The molecule has 2 aromatic heterocycles. The van der Waals surface area contributed by atoms with E-state index in [0.29, 0.717) is 36.2 Å². The highest BCUT2D eigenvalue weighted by molar-refractivity contribution is 6.03. The number of phenols is 1. The molecule has 3 aliphatic heterocycles. The molecule has 0 bridgehead atoms. The topological polar surface area (TPSA) is 104 Å². The zero-order valence-corrected chi connectivity index (χ0v) is 26.4. The van der Waals surface area contributed by atoms with Gasteiger partial charge in [0, 0.05) is 36.3 Å². The number of hydrogen-bond acceptors (Lipinski definition) is 8. The average molecular weight is 657 g/mol. The summed E-state index contributed by atoms with van der Waals surface area (Å²) < 4.78 is 51.6. The largest absolute Gasteiger partial charge is 0.508 e. The Hall–Kier alpha value is -4.89. The van der Waals surface area contributed by atoms with Gasteiger partial charge in [-0.3, -0.25) is 14.7 Å². The third-order valence-corrected chi connectivity index (χ3v) is 9.93. The molecule has 0 spiro atoms. The molecule has 0 saturated carbocycles. The molecule has 1 amide bonds. The van der Waals surface area contributed by atoms with Crippen LogP contribution in [0.1, 0.15) is 50.5 Å². The number of halogens is 3. The van der Waals surface area contributed by atoms with Crippen molar-refractivity contribution >= 4 is 33.4 Å². The summed E-state index contributed by atoms with van der Waals surface area (Å²) in [5.74, 6) is -0.905. The third kappa shape index (κ3) is 5.66. The molecule has 48 heavy (non-hydrogen) atoms. The van der Waals surface area contributed by atoms with Crippen LogP contribution in [0.4, 0.5) is 19.0 Å². The number of ether oxygens (including phenoxy) is 1. The Bertz CT molecular complexity index is 1990. The number of nitrogens with one attached hydrogen (secondary N) is 1. The van der Waals surface area contributed by atoms with Crippen LogP contribution in [0.5, 0.6) is 11.8 Å². The summed E-state index contributed by atoms with van der Waals surface area (Å²) in [6.07, 6.45) is 13.3. The van der Waals surface area contributed by atoms with Crippen LogP contribution in [0.2, 0.25) is 0 Å². The van der Waals surface area contributed by atoms with Gasteiger partial charge < -0.3 is 20.1 Å². The number of carbonyl (C=O) groups excluding carboxylic acids is 1. The number of phenolic OH excluding ortho intramolecular Hbond substituents is 1. The number of rotatable bonds is 7. The SMILES string of the molecule is C#Cc1c(F)ccc2cc(O)cc(-c3ncc4c(N5CCCC[C@H](NC(=O)C(=C)F)C5)nc(OCC56CCCN5CCC6)nc4c3F)c12. The minimum atomic E-state index is -1.08. The van der Waals surface area contributed by atoms with Crippen LogP contribution in [0.15, 0.2) is 42.9 Å². The molecule has 0 radical (unpaired) electrons. The van der Waals surface area contributed by atoms with E-state index in [0.717, 1.165) is 51.6 Å². The molecule has 2 aromatic carbocycles. The summed E-state index contributed by atoms with van der Waals surface area (Å²) in [4.78, 5) is 30.3. The first-order valence-corrected chi connectivity index (χ1v) is 16.2. The van der Waals surface area contributed by atoms with Gasteiger partial charge in [0.05, 0.1) is 16.5 Å². The van der Waals surface area contributed by atoms with E-state index < -0.39 is 29.4 Å². The van der Waals surface area contributed by atoms with Crippen molar-refractivity contribution < 1.29 is 27.8 Å². The molecule has 7 rings (SSSR count). The molecule has 9 nitrogen and oxygen atoms in total. The van der Waals surface area contributed by atoms with Crippen LogP contribution in [0.3, 0.4) is 0 Å². The number of fused-ring (bicyclic) bond motifs is 3. The van der Waals surface area contributed by atoms with E-state index in [2.05, 4.69) is 32.7 Å². The van der Waals surface area contributed by atoms with Crippen molar-refractivity contribution in [3.63, 3.8) is 0 Å². The van der Waals surface area contributed by atoms with Crippen molar-refractivity contribution in [3.8, 4) is 35.4 Å². The van der Waals surface area contributed by atoms with Crippen LogP contribution >= 0.6 is 0 Å². The lowest BCUT2D eigenvalue weighted by Crippen LogP contribution is -2.44. The Morgan fingerprint density at radius 3 is 2.69 bits per heavy atom. The summed E-state index contributed by atoms with van der Waals surface area (Å²) in [5.41, 5.74) is -0.357. The van der Waals surface area contributed by atoms with E-state index in [1.54, 1.807) is 0 Å². The summed E-state index contributed by atoms with van der Waals surface area (Å²) in [5, 5.41) is 14.2. The van der Waals surface area contributed by atoms with Gasteiger partial charge in [-0.25, -0.2) is 13.2 Å². The van der Waals surface area contributed by atoms with Gasteiger partial charge in [0.15, 0.2) is 11.6 Å². The quantitative estimate of drug-likeness (QED) is 0.191. The third-order valence-electron chi connectivity index (χ3n) is 9.93. The van der Waals surface area contributed by atoms with Crippen molar-refractivity contribution in [2.75, 3.05) is 37.7 Å². The molecule has 0 aliphatic carbocycles. The molecule has 3 saturated heterocycles. The highest BCUT2D eigenvalue weighted by atomic mass is 19.1. The van der Waals surface area contributed by atoms with Crippen molar-refractivity contribution in [1.82, 2.24) is 25.2 Å². The Labute approximate surface area is 275 Å². The first-order valence-electron chi connectivity index (χ1n) is 16.2. The maximum Gasteiger partial charge on any atom is 0.319 e. The average Bonchev–Trinajstić information content (AvgIpc) is 3.57. The van der Waals surface area contributed by atoms with E-state index in [1.807, 2.05) is 4.90 Å². The first kappa shape index (κ1) is 31.7. The minimum absolute atomic E-state index is 0.0141. The number of terminal acetylenes is 1. The second-order valence-electron chi connectivity index (χ2n) is 12.9. The van der Waals surface area contributed by atoms with Crippen LogP contribution in [0, 0.1) is 24.0 Å². The fourth-order valence-corrected chi connectivity index (χ4v) is 7.64. The maximum atomic E-state index is 16.9. The van der Waals surface area contributed by atoms with E-state index in [1.165, 1.54) is 30.5 Å². The highest BCUT2D eigenvalue weighted by Crippen LogP contribution is 2.41. The number of anilines is 1. The minimum Gasteiger partial charge on any atom is -0.508 e. The second kappa shape index (κ2) is 12.6. The number of nitrogens with zero attached hydrogens (tertiary/aromatic N) is 5. The van der Waals surface area contributed by atoms with Gasteiger partial charge in [-0.2, -0.15) is 9.97 Å². The smallest absolute Gasteiger partial charge is 0.319 e. The Balaban J connectivity index is 1.36. The van der Waals surface area contributed by atoms with Crippen LogP contribution in [0.25, 0.3) is 32.9 Å². The van der Waals surface area contributed by atoms with Gasteiger partial charge in [-0.1, -0.05) is 18.6 Å². The lowest BCUT2D eigenvalue weighted by Gasteiger charge is -2.31. The summed E-state index contributed by atoms with van der Waals surface area (Å²) in [6, 6.07) is 4.95. The molecule has 0 unspecified atom stereocenters. The number of carbonyl (C=O) groups is 1. The van der Waals surface area contributed by atoms with Crippen molar-refractivity contribution in [3.05, 3.63) is 60.1 Å². The fourth-order valence-electron chi connectivity index (χ4n) is 7.64. The Morgan fingerprint density at radius 1 is 1.15 bits per heavy atom. The van der Waals surface area contributed by atoms with Gasteiger partial charge in [-0.05, 0) is 81.6 Å². The number of aromatic hydroxyl groups is 1. The summed E-state index contributed by atoms with van der Waals surface area (Å²) >= 11 is 0. The van der Waals surface area contributed by atoms with Crippen molar-refractivity contribution in [1.29, 1.82) is 0 Å². The number of hydrogen-bond donors (Lipinski definition) is 2. The number of pyridine rings is 1. The monoisotopic (exact) mass is 656 g/mol. The second-order valence-corrected chi connectivity index (χ2v) is 12.9. The van der Waals surface area contributed by atoms with E-state index >= 15 is 4.39 Å². The van der Waals surface area contributed by atoms with Gasteiger partial charge in [0.25, 0.3) is 5.91 Å². The molecule has 5 heterocycles. The van der Waals surface area contributed by atoms with Crippen molar-refractivity contribution in [2.24, 2.45) is 0 Å². The van der Waals surface area contributed by atoms with Crippen LogP contribution < -0.4 is 15.0 Å². The normalized spacial score (nSPS) is 19.2. The van der Waals surface area contributed by atoms with E-state index in [-0.39, 0.29) is 51.6 Å². The standard InChI is InChI=1S/C36H35F3N6O3/c1-3-25-28(38)10-9-22-16-24(46)17-26(29(22)25)31-30(39)32-27(18-40-31)33(44-13-5-4-8-23(19-44)41-34(47)21(2)37)43-35(42-32)48-20-36-11-6-14-45(36)15-7-12-36/h1,9-10,16-18,23,46H,2,4-8,11-15,19-20H2,(H,41,47)/t23-/m0/s1. The molecule has 3 aliphatic rings. The molecule has 3 fully saturated rings. The molecule has 2 N–H and O–H groups in total. The first-order chi connectivity index (χ1) is 23.2. The Kier molecular flexibility index (Phi) is 8.33. The zero-order valence-electron chi connectivity index (χ0n) is 26.4. The molecule has 248 valence electrons. The lowest BCUT2D eigenvalue weighted by atomic mass is 9.95. The number of amides is 1. The fraction of sp³-hybridized carbons (Fsp3) is 0.389. The lowest BCUT2D eigenvalue weighted by molar-refractivity contribution is -0.119. The number of benzene rings is 2. The molecular weight excluding hydrogens is 621 g/mol. The van der Waals surface area contributed by atoms with Gasteiger partial charge >= 0.3 is 6.01 Å². The van der Waals surface area contributed by atoms with Gasteiger partial charge in [0.1, 0.15) is 35.2 Å². The molecule has 4 aromatic rings. The molecule has 12 heteroatoms. The number of aromatic nitrogens is 3. The molecule has 1 atom stereocenters. The molecular formula is C36H35F3N6O3. The van der Waals surface area contributed by atoms with Gasteiger partial charge in [-0.15, -0.1) is 6.42 Å². The van der Waals surface area contributed by atoms with E-state index in [4.69, 9.17) is 16.1 Å². The van der Waals surface area contributed by atoms with Crippen LogP contribution in [-0.4, -0.2) is 75.2 Å². The predicted molar refractivity (Wildman–Crippen MR) is 176 cm³/mol. The predicted octanol–water partition coefficient (Wildman–Crippen LogP) is 5.78. The van der Waals surface area contributed by atoms with Crippen LogP contribution in [-0.2, 0) is 4.79 Å². The van der Waals surface area contributed by atoms with E-state index in [9.17, 15) is 18.7 Å². The van der Waals surface area contributed by atoms with Gasteiger partial charge in [0.2, 0.25) is 0 Å².